The topological polar surface area (TPSA) is 55.1 Å². The summed E-state index contributed by atoms with van der Waals surface area (Å²) in [5.41, 5.74) is 1.83. The second-order valence-corrected chi connectivity index (χ2v) is 6.64. The average Bonchev–Trinajstić information content (AvgIpc) is 3.07. The molecule has 0 unspecified atom stereocenters. The summed E-state index contributed by atoms with van der Waals surface area (Å²) >= 11 is 2.24. The molecule has 24 heavy (non-hydrogen) atoms. The molecule has 0 bridgehead atoms. The first-order valence-corrected chi connectivity index (χ1v) is 8.84. The molecule has 0 saturated heterocycles. The van der Waals surface area contributed by atoms with Gasteiger partial charge in [0, 0.05) is 27.7 Å². The fourth-order valence-corrected chi connectivity index (χ4v) is 2.68. The van der Waals surface area contributed by atoms with Crippen molar-refractivity contribution in [2.75, 3.05) is 5.32 Å². The number of nitrogens with one attached hydrogen (secondary N) is 1. The first-order valence-electron chi connectivity index (χ1n) is 7.76. The maximum atomic E-state index is 12.0. The van der Waals surface area contributed by atoms with Crippen molar-refractivity contribution in [3.63, 3.8) is 0 Å². The smallest absolute Gasteiger partial charge is 0.224 e. The van der Waals surface area contributed by atoms with E-state index in [0.29, 0.717) is 25.2 Å². The molecule has 122 valence electrons. The average molecular weight is 432 g/mol. The van der Waals surface area contributed by atoms with Gasteiger partial charge in [0.15, 0.2) is 11.7 Å². The van der Waals surface area contributed by atoms with Crippen molar-refractivity contribution in [3.8, 4) is 11.3 Å². The molecule has 2 aromatic carbocycles. The molecule has 3 rings (SSSR count). The highest BCUT2D eigenvalue weighted by molar-refractivity contribution is 14.1. The van der Waals surface area contributed by atoms with Gasteiger partial charge in [-0.15, -0.1) is 0 Å². The van der Waals surface area contributed by atoms with E-state index in [9.17, 15) is 4.79 Å². The van der Waals surface area contributed by atoms with Crippen LogP contribution in [0.1, 0.15) is 18.7 Å². The van der Waals surface area contributed by atoms with Gasteiger partial charge in [0.1, 0.15) is 0 Å². The molecule has 3 aromatic rings. The van der Waals surface area contributed by atoms with Crippen molar-refractivity contribution in [1.29, 1.82) is 0 Å². The number of aromatic nitrogens is 1. The molecule has 0 fully saturated rings. The van der Waals surface area contributed by atoms with Gasteiger partial charge < -0.3 is 9.73 Å². The number of hydrogen-bond donors (Lipinski definition) is 1. The zero-order valence-electron chi connectivity index (χ0n) is 13.0. The molecule has 0 aliphatic rings. The number of amides is 1. The first kappa shape index (κ1) is 16.7. The Labute approximate surface area is 154 Å². The minimum atomic E-state index is 0.00560. The second kappa shape index (κ2) is 8.10. The van der Waals surface area contributed by atoms with Crippen molar-refractivity contribution >= 4 is 34.2 Å². The van der Waals surface area contributed by atoms with Gasteiger partial charge in [-0.2, -0.15) is 0 Å². The summed E-state index contributed by atoms with van der Waals surface area (Å²) in [6.45, 7) is 0. The number of nitrogens with zero attached hydrogens (tertiary/aromatic N) is 1. The maximum Gasteiger partial charge on any atom is 0.224 e. The van der Waals surface area contributed by atoms with Crippen molar-refractivity contribution in [2.24, 2.45) is 0 Å². The molecule has 0 atom stereocenters. The molecule has 4 nitrogen and oxygen atoms in total. The van der Waals surface area contributed by atoms with E-state index in [1.165, 1.54) is 0 Å². The van der Waals surface area contributed by atoms with Crippen LogP contribution < -0.4 is 5.32 Å². The van der Waals surface area contributed by atoms with Gasteiger partial charge in [-0.3, -0.25) is 4.79 Å². The lowest BCUT2D eigenvalue weighted by atomic mass is 10.2. The van der Waals surface area contributed by atoms with Gasteiger partial charge in [0.2, 0.25) is 5.91 Å². The monoisotopic (exact) mass is 432 g/mol. The molecular weight excluding hydrogens is 415 g/mol. The number of anilines is 1. The van der Waals surface area contributed by atoms with E-state index in [1.807, 2.05) is 54.6 Å². The number of rotatable bonds is 6. The van der Waals surface area contributed by atoms with E-state index < -0.39 is 0 Å². The second-order valence-electron chi connectivity index (χ2n) is 5.39. The van der Waals surface area contributed by atoms with E-state index in [0.717, 1.165) is 20.6 Å². The van der Waals surface area contributed by atoms with Crippen molar-refractivity contribution in [3.05, 3.63) is 70.3 Å². The third-order valence-electron chi connectivity index (χ3n) is 3.53. The van der Waals surface area contributed by atoms with E-state index in [1.54, 1.807) is 6.20 Å². The van der Waals surface area contributed by atoms with Gasteiger partial charge in [-0.25, -0.2) is 4.98 Å². The van der Waals surface area contributed by atoms with Crippen LogP contribution in [0.4, 0.5) is 5.69 Å². The van der Waals surface area contributed by atoms with Crippen LogP contribution in [0.3, 0.4) is 0 Å². The van der Waals surface area contributed by atoms with Crippen LogP contribution in [0.25, 0.3) is 11.3 Å². The summed E-state index contributed by atoms with van der Waals surface area (Å²) in [7, 11) is 0. The highest BCUT2D eigenvalue weighted by Crippen LogP contribution is 2.20. The van der Waals surface area contributed by atoms with Crippen LogP contribution in [0.2, 0.25) is 0 Å². The SMILES string of the molecule is O=C(CCCc1ncc(-c2ccccc2)o1)Nc1ccc(I)cc1. The lowest BCUT2D eigenvalue weighted by Crippen LogP contribution is -2.11. The zero-order chi connectivity index (χ0) is 16.8. The van der Waals surface area contributed by atoms with Crippen molar-refractivity contribution in [1.82, 2.24) is 4.98 Å². The predicted molar refractivity (Wildman–Crippen MR) is 103 cm³/mol. The Balaban J connectivity index is 1.47. The molecule has 0 aliphatic carbocycles. The summed E-state index contributed by atoms with van der Waals surface area (Å²) in [5.74, 6) is 1.43. The first-order chi connectivity index (χ1) is 11.7. The molecule has 0 aliphatic heterocycles. The lowest BCUT2D eigenvalue weighted by molar-refractivity contribution is -0.116. The highest BCUT2D eigenvalue weighted by Gasteiger charge is 2.08. The predicted octanol–water partition coefficient (Wildman–Crippen LogP) is 4.91. The summed E-state index contributed by atoms with van der Waals surface area (Å²) < 4.78 is 6.88. The highest BCUT2D eigenvalue weighted by atomic mass is 127. The number of benzene rings is 2. The molecule has 1 heterocycles. The largest absolute Gasteiger partial charge is 0.441 e. The molecule has 0 radical (unpaired) electrons. The molecule has 1 aromatic heterocycles. The molecule has 1 N–H and O–H groups in total. The number of oxazole rings is 1. The standard InChI is InChI=1S/C19H17IN2O2/c20-15-9-11-16(12-10-15)22-18(23)7-4-8-19-21-13-17(24-19)14-5-2-1-3-6-14/h1-3,5-6,9-13H,4,7-8H2,(H,22,23). The van der Waals surface area contributed by atoms with Gasteiger partial charge in [-0.05, 0) is 53.3 Å². The van der Waals surface area contributed by atoms with E-state index in [-0.39, 0.29) is 5.91 Å². The summed E-state index contributed by atoms with van der Waals surface area (Å²) in [4.78, 5) is 16.2. The Kier molecular flexibility index (Phi) is 5.63. The Morgan fingerprint density at radius 1 is 1.08 bits per heavy atom. The molecule has 5 heteroatoms. The number of hydrogen-bond acceptors (Lipinski definition) is 3. The van der Waals surface area contributed by atoms with Crippen LogP contribution in [-0.4, -0.2) is 10.9 Å². The lowest BCUT2D eigenvalue weighted by Gasteiger charge is -2.04. The third kappa shape index (κ3) is 4.67. The Morgan fingerprint density at radius 3 is 2.58 bits per heavy atom. The zero-order valence-corrected chi connectivity index (χ0v) is 15.2. The van der Waals surface area contributed by atoms with Crippen molar-refractivity contribution < 1.29 is 9.21 Å². The van der Waals surface area contributed by atoms with E-state index >= 15 is 0 Å². The van der Waals surface area contributed by atoms with Crippen LogP contribution in [-0.2, 0) is 11.2 Å². The van der Waals surface area contributed by atoms with Gasteiger partial charge in [0.25, 0.3) is 0 Å². The van der Waals surface area contributed by atoms with Gasteiger partial charge >= 0.3 is 0 Å². The van der Waals surface area contributed by atoms with Crippen molar-refractivity contribution in [2.45, 2.75) is 19.3 Å². The normalized spacial score (nSPS) is 10.5. The molecular formula is C19H17IN2O2. The summed E-state index contributed by atoms with van der Waals surface area (Å²) in [5, 5.41) is 2.89. The van der Waals surface area contributed by atoms with Crippen LogP contribution in [0.15, 0.2) is 65.2 Å². The number of carbonyl (C=O) groups excluding carboxylic acids is 1. The Hall–Kier alpha value is -2.15. The number of aryl methyl sites for hydroxylation is 1. The van der Waals surface area contributed by atoms with Gasteiger partial charge in [0.05, 0.1) is 6.20 Å². The number of carbonyl (C=O) groups is 1. The molecule has 0 saturated carbocycles. The van der Waals surface area contributed by atoms with Crippen LogP contribution >= 0.6 is 22.6 Å². The minimum absolute atomic E-state index is 0.00560. The Morgan fingerprint density at radius 2 is 1.83 bits per heavy atom. The minimum Gasteiger partial charge on any atom is -0.441 e. The fraction of sp³-hybridized carbons (Fsp3) is 0.158. The van der Waals surface area contributed by atoms with E-state index in [4.69, 9.17) is 4.42 Å². The number of halogens is 1. The summed E-state index contributed by atoms with van der Waals surface area (Å²) in [6, 6.07) is 17.6. The Bertz CT molecular complexity index is 798. The van der Waals surface area contributed by atoms with Crippen LogP contribution in [0.5, 0.6) is 0 Å². The molecule has 1 amide bonds. The van der Waals surface area contributed by atoms with E-state index in [2.05, 4.69) is 32.9 Å². The maximum absolute atomic E-state index is 12.0. The summed E-state index contributed by atoms with van der Waals surface area (Å²) in [6.07, 6.45) is 3.52. The fourth-order valence-electron chi connectivity index (χ4n) is 2.32. The quantitative estimate of drug-likeness (QED) is 0.564. The van der Waals surface area contributed by atoms with Crippen LogP contribution in [0, 0.1) is 3.57 Å². The third-order valence-corrected chi connectivity index (χ3v) is 4.25. The van der Waals surface area contributed by atoms with Gasteiger partial charge in [-0.1, -0.05) is 30.3 Å². The molecule has 0 spiro atoms.